The van der Waals surface area contributed by atoms with Gasteiger partial charge in [0.15, 0.2) is 0 Å². The Bertz CT molecular complexity index is 582. The van der Waals surface area contributed by atoms with Crippen LogP contribution >= 0.6 is 0 Å². The number of hydrogen-bond donors (Lipinski definition) is 0. The molecule has 0 aromatic heterocycles. The molecule has 1 nitrogen and oxygen atoms in total. The predicted octanol–water partition coefficient (Wildman–Crippen LogP) is 6.10. The molecule has 0 radical (unpaired) electrons. The van der Waals surface area contributed by atoms with Crippen molar-refractivity contribution in [1.82, 2.24) is 0 Å². The average molecular weight is 336 g/mol. The van der Waals surface area contributed by atoms with Crippen molar-refractivity contribution in [1.29, 1.82) is 0 Å². The minimum atomic E-state index is -4.66. The number of halogens is 3. The summed E-state index contributed by atoms with van der Waals surface area (Å²) >= 11 is 0. The fourth-order valence-corrected chi connectivity index (χ4v) is 3.13. The highest BCUT2D eigenvalue weighted by molar-refractivity contribution is 5.40. The molecule has 0 unspecified atom stereocenters. The number of alkyl halides is 3. The summed E-state index contributed by atoms with van der Waals surface area (Å²) in [7, 11) is 0. The molecule has 130 valence electrons. The molecule has 0 aliphatic heterocycles. The summed E-state index contributed by atoms with van der Waals surface area (Å²) < 4.78 is 40.1. The van der Waals surface area contributed by atoms with E-state index >= 15 is 0 Å². The normalized spacial score (nSPS) is 21.3. The van der Waals surface area contributed by atoms with Crippen molar-refractivity contribution in [3.05, 3.63) is 42.0 Å². The Hall–Kier alpha value is -1.89. The molecule has 1 saturated carbocycles. The summed E-state index contributed by atoms with van der Waals surface area (Å²) in [4.78, 5) is 0. The van der Waals surface area contributed by atoms with Gasteiger partial charge in [0, 0.05) is 5.56 Å². The third-order valence-electron chi connectivity index (χ3n) is 4.34. The zero-order valence-corrected chi connectivity index (χ0v) is 13.9. The first kappa shape index (κ1) is 18.4. The third kappa shape index (κ3) is 6.70. The molecule has 4 heteroatoms. The van der Waals surface area contributed by atoms with Crippen molar-refractivity contribution >= 4 is 0 Å². The first-order valence-electron chi connectivity index (χ1n) is 8.50. The van der Waals surface area contributed by atoms with Crippen LogP contribution < -0.4 is 4.74 Å². The summed E-state index contributed by atoms with van der Waals surface area (Å²) in [5.41, 5.74) is 0.667. The quantitative estimate of drug-likeness (QED) is 0.604. The third-order valence-corrected chi connectivity index (χ3v) is 4.34. The molecule has 0 N–H and O–H groups in total. The number of hydrogen-bond acceptors (Lipinski definition) is 1. The topological polar surface area (TPSA) is 9.23 Å². The van der Waals surface area contributed by atoms with Crippen molar-refractivity contribution in [2.24, 2.45) is 11.8 Å². The molecule has 0 amide bonds. The fraction of sp³-hybridized carbons (Fsp3) is 0.500. The van der Waals surface area contributed by atoms with E-state index in [1.807, 2.05) is 6.08 Å². The van der Waals surface area contributed by atoms with E-state index in [1.165, 1.54) is 62.8 Å². The largest absolute Gasteiger partial charge is 0.573 e. The second kappa shape index (κ2) is 8.82. The van der Waals surface area contributed by atoms with Crippen LogP contribution in [0, 0.1) is 23.7 Å². The van der Waals surface area contributed by atoms with Gasteiger partial charge in [-0.25, -0.2) is 0 Å². The average Bonchev–Trinajstić information content (AvgIpc) is 2.53. The van der Waals surface area contributed by atoms with Gasteiger partial charge in [-0.05, 0) is 67.9 Å². The van der Waals surface area contributed by atoms with Gasteiger partial charge in [0.1, 0.15) is 5.75 Å². The first-order valence-corrected chi connectivity index (χ1v) is 8.50. The van der Waals surface area contributed by atoms with Crippen molar-refractivity contribution in [2.45, 2.75) is 51.8 Å². The second-order valence-corrected chi connectivity index (χ2v) is 6.27. The SMILES string of the molecule is CCCC1CCC(C=CC#Cc2ccc(OC(F)(F)F)cc2)CC1. The van der Waals surface area contributed by atoms with Crippen LogP contribution in [-0.2, 0) is 0 Å². The van der Waals surface area contributed by atoms with Gasteiger partial charge in [-0.15, -0.1) is 13.2 Å². The van der Waals surface area contributed by atoms with Crippen LogP contribution in [0.4, 0.5) is 13.2 Å². The van der Waals surface area contributed by atoms with Crippen molar-refractivity contribution < 1.29 is 17.9 Å². The Kier molecular flexibility index (Phi) is 6.78. The molecule has 0 heterocycles. The summed E-state index contributed by atoms with van der Waals surface area (Å²) in [5.74, 6) is 7.16. The summed E-state index contributed by atoms with van der Waals surface area (Å²) in [5, 5.41) is 0. The molecule has 0 saturated heterocycles. The predicted molar refractivity (Wildman–Crippen MR) is 89.5 cm³/mol. The van der Waals surface area contributed by atoms with E-state index in [-0.39, 0.29) is 5.75 Å². The lowest BCUT2D eigenvalue weighted by Gasteiger charge is -2.26. The number of ether oxygens (including phenoxy) is 1. The van der Waals surface area contributed by atoms with E-state index in [0.717, 1.165) is 5.92 Å². The highest BCUT2D eigenvalue weighted by Gasteiger charge is 2.30. The molecule has 0 atom stereocenters. The van der Waals surface area contributed by atoms with Crippen molar-refractivity contribution in [3.8, 4) is 17.6 Å². The van der Waals surface area contributed by atoms with Gasteiger partial charge in [-0.3, -0.25) is 0 Å². The van der Waals surface area contributed by atoms with E-state index in [1.54, 1.807) is 0 Å². The lowest BCUT2D eigenvalue weighted by molar-refractivity contribution is -0.274. The first-order chi connectivity index (χ1) is 11.5. The zero-order chi connectivity index (χ0) is 17.4. The molecule has 0 spiro atoms. The lowest BCUT2D eigenvalue weighted by atomic mass is 9.80. The standard InChI is InChI=1S/C20H23F3O/c1-2-5-16-8-10-17(11-9-16)6-3-4-7-18-12-14-19(15-13-18)24-20(21,22)23/h3,6,12-17H,2,5,8-11H2,1H3. The molecular formula is C20H23F3O. The van der Waals surface area contributed by atoms with Crippen LogP contribution in [0.25, 0.3) is 0 Å². The Balaban J connectivity index is 1.81. The minimum absolute atomic E-state index is 0.229. The molecule has 1 fully saturated rings. The van der Waals surface area contributed by atoms with Gasteiger partial charge >= 0.3 is 6.36 Å². The van der Waals surface area contributed by atoms with Crippen LogP contribution in [0.5, 0.6) is 5.75 Å². The van der Waals surface area contributed by atoms with E-state index < -0.39 is 6.36 Å². The molecule has 0 bridgehead atoms. The van der Waals surface area contributed by atoms with Gasteiger partial charge in [-0.2, -0.15) is 0 Å². The zero-order valence-electron chi connectivity index (χ0n) is 13.9. The van der Waals surface area contributed by atoms with Gasteiger partial charge in [0.25, 0.3) is 0 Å². The Morgan fingerprint density at radius 2 is 1.79 bits per heavy atom. The Morgan fingerprint density at radius 3 is 2.38 bits per heavy atom. The van der Waals surface area contributed by atoms with E-state index in [4.69, 9.17) is 0 Å². The van der Waals surface area contributed by atoms with Gasteiger partial charge in [0.05, 0.1) is 0 Å². The molecule has 1 aliphatic rings. The summed E-state index contributed by atoms with van der Waals surface area (Å²) in [6.07, 6.45) is 7.04. The minimum Gasteiger partial charge on any atom is -0.406 e. The maximum absolute atomic E-state index is 12.1. The van der Waals surface area contributed by atoms with Crippen LogP contribution in [0.15, 0.2) is 36.4 Å². The molecule has 24 heavy (non-hydrogen) atoms. The molecule has 1 aromatic rings. The maximum Gasteiger partial charge on any atom is 0.573 e. The molecular weight excluding hydrogens is 313 g/mol. The maximum atomic E-state index is 12.1. The summed E-state index contributed by atoms with van der Waals surface area (Å²) in [6, 6.07) is 5.60. The van der Waals surface area contributed by atoms with Crippen LogP contribution in [0.1, 0.15) is 51.0 Å². The fourth-order valence-electron chi connectivity index (χ4n) is 3.13. The number of benzene rings is 1. The number of allylic oxidation sites excluding steroid dienone is 2. The highest BCUT2D eigenvalue weighted by Crippen LogP contribution is 2.32. The van der Waals surface area contributed by atoms with Crippen molar-refractivity contribution in [2.75, 3.05) is 0 Å². The number of rotatable bonds is 4. The van der Waals surface area contributed by atoms with E-state index in [2.05, 4.69) is 29.6 Å². The molecule has 1 aromatic carbocycles. The van der Waals surface area contributed by atoms with Crippen LogP contribution in [0.2, 0.25) is 0 Å². The smallest absolute Gasteiger partial charge is 0.406 e. The van der Waals surface area contributed by atoms with Gasteiger partial charge < -0.3 is 4.74 Å². The van der Waals surface area contributed by atoms with Crippen LogP contribution in [-0.4, -0.2) is 6.36 Å². The molecule has 2 rings (SSSR count). The molecule has 1 aliphatic carbocycles. The highest BCUT2D eigenvalue weighted by atomic mass is 19.4. The Labute approximate surface area is 141 Å². The van der Waals surface area contributed by atoms with E-state index in [9.17, 15) is 13.2 Å². The monoisotopic (exact) mass is 336 g/mol. The second-order valence-electron chi connectivity index (χ2n) is 6.27. The van der Waals surface area contributed by atoms with Crippen molar-refractivity contribution in [3.63, 3.8) is 0 Å². The van der Waals surface area contributed by atoms with Gasteiger partial charge in [-0.1, -0.05) is 37.7 Å². The summed E-state index contributed by atoms with van der Waals surface area (Å²) in [6.45, 7) is 2.24. The Morgan fingerprint density at radius 1 is 1.12 bits per heavy atom. The van der Waals surface area contributed by atoms with Crippen LogP contribution in [0.3, 0.4) is 0 Å². The van der Waals surface area contributed by atoms with E-state index in [0.29, 0.717) is 11.5 Å². The lowest BCUT2D eigenvalue weighted by Crippen LogP contribution is -2.16. The van der Waals surface area contributed by atoms with Gasteiger partial charge in [0.2, 0.25) is 0 Å².